The molecule has 0 radical (unpaired) electrons. The summed E-state index contributed by atoms with van der Waals surface area (Å²) in [6.45, 7) is -3.59. The molecular formula is C14H22ClNO9. The van der Waals surface area contributed by atoms with Crippen molar-refractivity contribution in [3.8, 4) is 0 Å². The Morgan fingerprint density at radius 2 is 1.36 bits per heavy atom. The molecule has 1 fully saturated rings. The van der Waals surface area contributed by atoms with Crippen molar-refractivity contribution >= 4 is 36.3 Å². The van der Waals surface area contributed by atoms with Gasteiger partial charge in [-0.1, -0.05) is 0 Å². The lowest BCUT2D eigenvalue weighted by molar-refractivity contribution is -0.251. The standard InChI is InChI=1S/C14H21NO9.ClH/c1-6(16)20-5-10-11(21-7(2)17)12(22-8(3)18)13(14(15)24-10)23-9(4)19;/h10-14H,5,15H2,1-4H3;1H/t10-,11-,12+,13-,14?;/m1./s1/i1D,2D,3D,4D;. The van der Waals surface area contributed by atoms with Crippen LogP contribution < -0.4 is 5.73 Å². The number of halogens is 1. The molecule has 1 aliphatic rings. The zero-order valence-electron chi connectivity index (χ0n) is 17.1. The summed E-state index contributed by atoms with van der Waals surface area (Å²) in [7, 11) is 0. The van der Waals surface area contributed by atoms with E-state index in [4.69, 9.17) is 34.9 Å². The minimum absolute atomic E-state index is 0. The van der Waals surface area contributed by atoms with Gasteiger partial charge < -0.3 is 29.4 Å². The zero-order chi connectivity index (χ0) is 21.3. The number of nitrogens with two attached hydrogens (primary N) is 1. The Morgan fingerprint density at radius 3 is 1.88 bits per heavy atom. The van der Waals surface area contributed by atoms with E-state index in [9.17, 15) is 19.2 Å². The molecule has 0 aromatic rings. The summed E-state index contributed by atoms with van der Waals surface area (Å²) in [5.41, 5.74) is 5.79. The van der Waals surface area contributed by atoms with Crippen LogP contribution in [0.1, 0.15) is 33.1 Å². The van der Waals surface area contributed by atoms with E-state index in [1.54, 1.807) is 0 Å². The molecule has 0 bridgehead atoms. The quantitative estimate of drug-likeness (QED) is 0.482. The molecule has 0 amide bonds. The summed E-state index contributed by atoms with van der Waals surface area (Å²) < 4.78 is 53.3. The van der Waals surface area contributed by atoms with Crippen LogP contribution in [0.5, 0.6) is 0 Å². The van der Waals surface area contributed by atoms with Gasteiger partial charge in [0.15, 0.2) is 18.3 Å². The van der Waals surface area contributed by atoms with E-state index in [1.165, 1.54) is 0 Å². The van der Waals surface area contributed by atoms with Crippen molar-refractivity contribution in [3.63, 3.8) is 0 Å². The van der Waals surface area contributed by atoms with Gasteiger partial charge >= 0.3 is 23.9 Å². The van der Waals surface area contributed by atoms with Crippen molar-refractivity contribution in [1.82, 2.24) is 0 Å². The molecular weight excluding hydrogens is 362 g/mol. The van der Waals surface area contributed by atoms with Crippen LogP contribution in [0.15, 0.2) is 0 Å². The highest BCUT2D eigenvalue weighted by Crippen LogP contribution is 2.27. The number of rotatable bonds is 5. The fraction of sp³-hybridized carbons (Fsp3) is 0.714. The van der Waals surface area contributed by atoms with Crippen molar-refractivity contribution in [3.05, 3.63) is 0 Å². The molecule has 5 atom stereocenters. The lowest BCUT2D eigenvalue weighted by Crippen LogP contribution is -2.64. The van der Waals surface area contributed by atoms with Crippen molar-refractivity contribution < 1.29 is 48.3 Å². The van der Waals surface area contributed by atoms with Gasteiger partial charge in [-0.2, -0.15) is 0 Å². The van der Waals surface area contributed by atoms with Crippen LogP contribution in [-0.4, -0.2) is 61.1 Å². The van der Waals surface area contributed by atoms with Gasteiger partial charge in [0.2, 0.25) is 0 Å². The van der Waals surface area contributed by atoms with E-state index in [2.05, 4.69) is 0 Å². The smallest absolute Gasteiger partial charge is 0.303 e. The number of ether oxygens (including phenoxy) is 5. The Kier molecular flexibility index (Phi) is 6.73. The zero-order valence-corrected chi connectivity index (χ0v) is 13.9. The average Bonchev–Trinajstić information content (AvgIpc) is 2.69. The van der Waals surface area contributed by atoms with E-state index >= 15 is 0 Å². The van der Waals surface area contributed by atoms with Crippen LogP contribution in [0.3, 0.4) is 0 Å². The van der Waals surface area contributed by atoms with Gasteiger partial charge in [0.05, 0.1) is 0 Å². The van der Waals surface area contributed by atoms with Crippen molar-refractivity contribution in [2.45, 2.75) is 58.2 Å². The van der Waals surface area contributed by atoms with Crippen LogP contribution in [0, 0.1) is 0 Å². The number of hydrogen-bond donors (Lipinski definition) is 1. The minimum Gasteiger partial charge on any atom is -0.463 e. The fourth-order valence-corrected chi connectivity index (χ4v) is 2.12. The molecule has 144 valence electrons. The molecule has 1 rings (SSSR count). The Balaban J connectivity index is 0.00000784. The second-order valence-electron chi connectivity index (χ2n) is 4.69. The molecule has 0 saturated carbocycles. The first-order valence-corrected chi connectivity index (χ1v) is 6.59. The second-order valence-corrected chi connectivity index (χ2v) is 4.69. The first kappa shape index (κ1) is 16.6. The maximum atomic E-state index is 11.7. The largest absolute Gasteiger partial charge is 0.463 e. The van der Waals surface area contributed by atoms with Crippen molar-refractivity contribution in [2.24, 2.45) is 5.73 Å². The maximum Gasteiger partial charge on any atom is 0.303 e. The topological polar surface area (TPSA) is 140 Å². The molecule has 1 unspecified atom stereocenters. The Labute approximate surface area is 156 Å². The Hall–Kier alpha value is -1.91. The van der Waals surface area contributed by atoms with Gasteiger partial charge in [-0.15, -0.1) is 12.4 Å². The molecule has 0 aliphatic carbocycles. The van der Waals surface area contributed by atoms with Crippen molar-refractivity contribution in [1.29, 1.82) is 0 Å². The third-order valence-electron chi connectivity index (χ3n) is 2.88. The summed E-state index contributed by atoms with van der Waals surface area (Å²) in [4.78, 5) is 46.1. The minimum atomic E-state index is -1.53. The molecule has 25 heavy (non-hydrogen) atoms. The summed E-state index contributed by atoms with van der Waals surface area (Å²) in [5.74, 6) is -4.04. The van der Waals surface area contributed by atoms with Gasteiger partial charge in [0.1, 0.15) is 18.9 Å². The fourth-order valence-electron chi connectivity index (χ4n) is 2.12. The lowest BCUT2D eigenvalue weighted by Gasteiger charge is -2.43. The van der Waals surface area contributed by atoms with Gasteiger partial charge in [-0.25, -0.2) is 0 Å². The molecule has 1 aliphatic heterocycles. The molecule has 2 N–H and O–H groups in total. The Bertz CT molecular complexity index is 585. The molecule has 0 spiro atoms. The molecule has 0 aromatic carbocycles. The second kappa shape index (κ2) is 10.2. The third kappa shape index (κ3) is 7.24. The van der Waals surface area contributed by atoms with E-state index in [-0.39, 0.29) is 12.4 Å². The van der Waals surface area contributed by atoms with Gasteiger partial charge in [0, 0.05) is 33.1 Å². The average molecular weight is 388 g/mol. The monoisotopic (exact) mass is 387 g/mol. The SMILES string of the molecule is Cl.[2H]CC(=O)OC[C@H]1OC(N)[C@H](OC(=O)C[2H])[C@@H](OC(=O)C[2H])[C@@H]1OC(=O)C[2H]. The van der Waals surface area contributed by atoms with Gasteiger partial charge in [-0.05, 0) is 0 Å². The predicted molar refractivity (Wildman–Crippen MR) is 83.4 cm³/mol. The van der Waals surface area contributed by atoms with Crippen molar-refractivity contribution in [2.75, 3.05) is 6.61 Å². The van der Waals surface area contributed by atoms with E-state index in [1.807, 2.05) is 0 Å². The first-order valence-electron chi connectivity index (χ1n) is 9.42. The van der Waals surface area contributed by atoms with E-state index in [0.717, 1.165) is 0 Å². The molecule has 11 heteroatoms. The van der Waals surface area contributed by atoms with Gasteiger partial charge in [0.25, 0.3) is 0 Å². The van der Waals surface area contributed by atoms with E-state index < -0.39 is 88.7 Å². The van der Waals surface area contributed by atoms with Crippen LogP contribution in [0.2, 0.25) is 0 Å². The summed E-state index contributed by atoms with van der Waals surface area (Å²) in [6.07, 6.45) is -7.19. The highest BCUT2D eigenvalue weighted by atomic mass is 35.5. The number of hydrogen-bond acceptors (Lipinski definition) is 10. The molecule has 10 nitrogen and oxygen atoms in total. The third-order valence-corrected chi connectivity index (χ3v) is 2.88. The highest BCUT2D eigenvalue weighted by molar-refractivity contribution is 5.85. The normalized spacial score (nSPS) is 30.2. The first-order chi connectivity index (χ1) is 13.3. The number of esters is 4. The van der Waals surface area contributed by atoms with Crippen LogP contribution >= 0.6 is 12.4 Å². The summed E-state index contributed by atoms with van der Waals surface area (Å²) >= 11 is 0. The van der Waals surface area contributed by atoms with Crippen LogP contribution in [0.25, 0.3) is 0 Å². The summed E-state index contributed by atoms with van der Waals surface area (Å²) in [5, 5.41) is 0. The molecule has 0 aromatic heterocycles. The van der Waals surface area contributed by atoms with Gasteiger partial charge in [-0.3, -0.25) is 19.2 Å². The van der Waals surface area contributed by atoms with Crippen LogP contribution in [-0.2, 0) is 42.9 Å². The summed E-state index contributed by atoms with van der Waals surface area (Å²) in [6, 6.07) is 0. The Morgan fingerprint density at radius 1 is 0.880 bits per heavy atom. The molecule has 1 saturated heterocycles. The van der Waals surface area contributed by atoms with E-state index in [0.29, 0.717) is 0 Å². The van der Waals surface area contributed by atoms with Crippen LogP contribution in [0.4, 0.5) is 0 Å². The molecule has 1 heterocycles. The maximum absolute atomic E-state index is 11.7. The number of carbonyl (C=O) groups is 4. The lowest BCUT2D eigenvalue weighted by atomic mass is 9.97. The predicted octanol–water partition coefficient (Wildman–Crippen LogP) is -0.550. The highest BCUT2D eigenvalue weighted by Gasteiger charge is 2.51. The number of carbonyl (C=O) groups excluding carboxylic acids is 4.